The van der Waals surface area contributed by atoms with E-state index in [0.29, 0.717) is 6.61 Å². The standard InChI is InChI=1S/C15H21NO/c1-3-16-9-10-17-12-15(11-13(15)2)14-7-5-4-6-8-14/h4-9,13H,3,10-12H2,1-2H3/t13?,15-/m0/s1. The highest BCUT2D eigenvalue weighted by Crippen LogP contribution is 2.54. The van der Waals surface area contributed by atoms with Crippen molar-refractivity contribution < 1.29 is 4.74 Å². The average Bonchev–Trinajstić information content (AvgIpc) is 3.02. The number of hydrogen-bond acceptors (Lipinski definition) is 2. The summed E-state index contributed by atoms with van der Waals surface area (Å²) in [6.45, 7) is 6.62. The van der Waals surface area contributed by atoms with E-state index in [2.05, 4.69) is 42.2 Å². The van der Waals surface area contributed by atoms with Crippen molar-refractivity contribution in [1.29, 1.82) is 0 Å². The van der Waals surface area contributed by atoms with E-state index in [-0.39, 0.29) is 5.41 Å². The Balaban J connectivity index is 1.91. The van der Waals surface area contributed by atoms with Gasteiger partial charge in [-0.25, -0.2) is 0 Å². The molecule has 1 aromatic rings. The first kappa shape index (κ1) is 12.3. The summed E-state index contributed by atoms with van der Waals surface area (Å²) in [6.07, 6.45) is 3.10. The normalized spacial score (nSPS) is 27.5. The summed E-state index contributed by atoms with van der Waals surface area (Å²) in [6, 6.07) is 10.7. The third kappa shape index (κ3) is 2.75. The molecule has 2 heteroatoms. The van der Waals surface area contributed by atoms with Crippen LogP contribution in [-0.2, 0) is 10.2 Å². The van der Waals surface area contributed by atoms with E-state index in [4.69, 9.17) is 4.74 Å². The van der Waals surface area contributed by atoms with Crippen LogP contribution in [0.25, 0.3) is 0 Å². The van der Waals surface area contributed by atoms with E-state index in [1.54, 1.807) is 0 Å². The van der Waals surface area contributed by atoms with Gasteiger partial charge in [-0.3, -0.25) is 4.99 Å². The van der Waals surface area contributed by atoms with Crippen molar-refractivity contribution in [3.05, 3.63) is 35.9 Å². The molecule has 0 aromatic heterocycles. The lowest BCUT2D eigenvalue weighted by atomic mass is 9.94. The van der Waals surface area contributed by atoms with Crippen molar-refractivity contribution >= 4 is 6.21 Å². The number of hydrogen-bond donors (Lipinski definition) is 0. The predicted octanol–water partition coefficient (Wildman–Crippen LogP) is 3.07. The Labute approximate surface area is 104 Å². The molecular weight excluding hydrogens is 210 g/mol. The molecule has 0 saturated heterocycles. The van der Waals surface area contributed by atoms with Gasteiger partial charge >= 0.3 is 0 Å². The minimum atomic E-state index is 0.265. The molecule has 92 valence electrons. The summed E-state index contributed by atoms with van der Waals surface area (Å²) in [5, 5.41) is 0. The fraction of sp³-hybridized carbons (Fsp3) is 0.533. The van der Waals surface area contributed by atoms with E-state index >= 15 is 0 Å². The highest BCUT2D eigenvalue weighted by atomic mass is 16.5. The molecule has 2 rings (SSSR count). The van der Waals surface area contributed by atoms with Crippen molar-refractivity contribution in [2.75, 3.05) is 19.8 Å². The van der Waals surface area contributed by atoms with Crippen LogP contribution in [0.2, 0.25) is 0 Å². The molecule has 0 N–H and O–H groups in total. The largest absolute Gasteiger partial charge is 0.375 e. The molecule has 0 bridgehead atoms. The van der Waals surface area contributed by atoms with Gasteiger partial charge in [-0.1, -0.05) is 37.3 Å². The number of nitrogens with zero attached hydrogens (tertiary/aromatic N) is 1. The summed E-state index contributed by atoms with van der Waals surface area (Å²) in [5.74, 6) is 0.730. The Morgan fingerprint density at radius 1 is 1.41 bits per heavy atom. The van der Waals surface area contributed by atoms with Crippen molar-refractivity contribution in [2.45, 2.75) is 25.7 Å². The van der Waals surface area contributed by atoms with Crippen molar-refractivity contribution in [3.8, 4) is 0 Å². The van der Waals surface area contributed by atoms with Crippen LogP contribution >= 0.6 is 0 Å². The quantitative estimate of drug-likeness (QED) is 0.544. The van der Waals surface area contributed by atoms with E-state index in [9.17, 15) is 0 Å². The van der Waals surface area contributed by atoms with Crippen LogP contribution in [0.3, 0.4) is 0 Å². The topological polar surface area (TPSA) is 21.6 Å². The van der Waals surface area contributed by atoms with E-state index in [1.807, 2.05) is 13.1 Å². The molecule has 17 heavy (non-hydrogen) atoms. The van der Waals surface area contributed by atoms with E-state index in [0.717, 1.165) is 19.1 Å². The van der Waals surface area contributed by atoms with Gasteiger partial charge in [0.05, 0.1) is 13.2 Å². The van der Waals surface area contributed by atoms with Crippen LogP contribution in [0.5, 0.6) is 0 Å². The first-order valence-corrected chi connectivity index (χ1v) is 6.41. The fourth-order valence-electron chi connectivity index (χ4n) is 2.42. The molecular formula is C15H21NO. The second-order valence-electron chi connectivity index (χ2n) is 4.82. The minimum absolute atomic E-state index is 0.265. The Bertz CT molecular complexity index is 374. The van der Waals surface area contributed by atoms with Crippen molar-refractivity contribution in [1.82, 2.24) is 0 Å². The Hall–Kier alpha value is -1.15. The fourth-order valence-corrected chi connectivity index (χ4v) is 2.42. The van der Waals surface area contributed by atoms with Gasteiger partial charge in [0.15, 0.2) is 0 Å². The second kappa shape index (κ2) is 5.46. The Morgan fingerprint density at radius 2 is 2.12 bits per heavy atom. The lowest BCUT2D eigenvalue weighted by Crippen LogP contribution is -2.18. The lowest BCUT2D eigenvalue weighted by molar-refractivity contribution is 0.144. The van der Waals surface area contributed by atoms with Gasteiger partial charge < -0.3 is 4.74 Å². The third-order valence-corrected chi connectivity index (χ3v) is 3.67. The molecule has 1 unspecified atom stereocenters. The molecule has 0 spiro atoms. The number of benzene rings is 1. The summed E-state index contributed by atoms with van der Waals surface area (Å²) in [4.78, 5) is 4.15. The molecule has 1 aliphatic carbocycles. The molecule has 1 saturated carbocycles. The minimum Gasteiger partial charge on any atom is -0.375 e. The van der Waals surface area contributed by atoms with Gasteiger partial charge in [0, 0.05) is 18.2 Å². The Morgan fingerprint density at radius 3 is 2.71 bits per heavy atom. The number of rotatable bonds is 6. The van der Waals surface area contributed by atoms with Crippen LogP contribution in [-0.4, -0.2) is 26.0 Å². The monoisotopic (exact) mass is 231 g/mol. The molecule has 2 nitrogen and oxygen atoms in total. The molecule has 2 atom stereocenters. The smallest absolute Gasteiger partial charge is 0.0814 e. The van der Waals surface area contributed by atoms with Gasteiger partial charge in [-0.05, 0) is 24.8 Å². The maximum absolute atomic E-state index is 5.74. The number of aliphatic imine (C=N–C) groups is 1. The van der Waals surface area contributed by atoms with Crippen LogP contribution in [0.4, 0.5) is 0 Å². The molecule has 0 amide bonds. The summed E-state index contributed by atoms with van der Waals surface area (Å²) in [7, 11) is 0. The zero-order valence-electron chi connectivity index (χ0n) is 10.7. The van der Waals surface area contributed by atoms with Gasteiger partial charge in [-0.2, -0.15) is 0 Å². The number of ether oxygens (including phenoxy) is 1. The SMILES string of the molecule is CCN=CCOC[C@@]1(c2ccccc2)CC1C. The third-order valence-electron chi connectivity index (χ3n) is 3.67. The summed E-state index contributed by atoms with van der Waals surface area (Å²) >= 11 is 0. The summed E-state index contributed by atoms with van der Waals surface area (Å²) in [5.41, 5.74) is 1.68. The van der Waals surface area contributed by atoms with Gasteiger partial charge in [0.2, 0.25) is 0 Å². The van der Waals surface area contributed by atoms with Crippen LogP contribution in [0, 0.1) is 5.92 Å². The molecule has 1 aromatic carbocycles. The molecule has 0 aliphatic heterocycles. The van der Waals surface area contributed by atoms with Crippen LogP contribution in [0.15, 0.2) is 35.3 Å². The molecule has 1 aliphatic rings. The molecule has 1 fully saturated rings. The van der Waals surface area contributed by atoms with Crippen molar-refractivity contribution in [2.24, 2.45) is 10.9 Å². The second-order valence-corrected chi connectivity index (χ2v) is 4.82. The van der Waals surface area contributed by atoms with E-state index in [1.165, 1.54) is 12.0 Å². The van der Waals surface area contributed by atoms with Crippen molar-refractivity contribution in [3.63, 3.8) is 0 Å². The Kier molecular flexibility index (Phi) is 3.95. The maximum Gasteiger partial charge on any atom is 0.0814 e. The highest BCUT2D eigenvalue weighted by molar-refractivity contribution is 5.58. The van der Waals surface area contributed by atoms with Crippen LogP contribution in [0.1, 0.15) is 25.8 Å². The molecule has 0 heterocycles. The summed E-state index contributed by atoms with van der Waals surface area (Å²) < 4.78 is 5.74. The van der Waals surface area contributed by atoms with E-state index < -0.39 is 0 Å². The zero-order valence-corrected chi connectivity index (χ0v) is 10.7. The van der Waals surface area contributed by atoms with Gasteiger partial charge in [0.1, 0.15) is 0 Å². The van der Waals surface area contributed by atoms with Gasteiger partial charge in [-0.15, -0.1) is 0 Å². The highest BCUT2D eigenvalue weighted by Gasteiger charge is 2.52. The van der Waals surface area contributed by atoms with Crippen LogP contribution < -0.4 is 0 Å². The maximum atomic E-state index is 5.74. The van der Waals surface area contributed by atoms with Gasteiger partial charge in [0.25, 0.3) is 0 Å². The average molecular weight is 231 g/mol. The molecule has 0 radical (unpaired) electrons. The first-order chi connectivity index (χ1) is 8.29. The zero-order chi connectivity index (χ0) is 12.1. The first-order valence-electron chi connectivity index (χ1n) is 6.41. The predicted molar refractivity (Wildman–Crippen MR) is 71.8 cm³/mol. The lowest BCUT2D eigenvalue weighted by Gasteiger charge is -2.16.